The monoisotopic (exact) mass is 263 g/mol. The maximum Gasteiger partial charge on any atom is 0.253 e. The number of nitrogens with zero attached hydrogens (tertiary/aromatic N) is 1. The van der Waals surface area contributed by atoms with Crippen LogP contribution in [0, 0.1) is 0 Å². The molecule has 2 atom stereocenters. The Hall–Kier alpha value is -1.62. The van der Waals surface area contributed by atoms with Crippen molar-refractivity contribution < 1.29 is 9.53 Å². The van der Waals surface area contributed by atoms with Crippen LogP contribution in [0.1, 0.15) is 36.5 Å². The molecule has 0 spiro atoms. The number of aromatic nitrogens is 1. The smallest absolute Gasteiger partial charge is 0.253 e. The minimum atomic E-state index is -0.0416. The molecule has 2 rings (SSSR count). The van der Waals surface area contributed by atoms with Gasteiger partial charge in [0.25, 0.3) is 5.91 Å². The molecule has 1 aromatic heterocycles. The van der Waals surface area contributed by atoms with E-state index in [2.05, 4.69) is 15.6 Å². The molecule has 1 heterocycles. The van der Waals surface area contributed by atoms with Gasteiger partial charge in [0.15, 0.2) is 0 Å². The summed E-state index contributed by atoms with van der Waals surface area (Å²) in [6.45, 7) is 2.76. The van der Waals surface area contributed by atoms with E-state index in [0.717, 1.165) is 31.5 Å². The Morgan fingerprint density at radius 3 is 3.05 bits per heavy atom. The summed E-state index contributed by atoms with van der Waals surface area (Å²) in [4.78, 5) is 16.3. The number of hydrogen-bond acceptors (Lipinski definition) is 4. The normalized spacial score (nSPS) is 22.2. The number of methoxy groups -OCH3 is 1. The fraction of sp³-hybridized carbons (Fsp3) is 0.571. The highest BCUT2D eigenvalue weighted by Crippen LogP contribution is 2.22. The van der Waals surface area contributed by atoms with Crippen LogP contribution in [0.2, 0.25) is 0 Å². The molecule has 2 N–H and O–H groups in total. The van der Waals surface area contributed by atoms with Gasteiger partial charge in [-0.3, -0.25) is 9.78 Å². The van der Waals surface area contributed by atoms with Gasteiger partial charge in [0.2, 0.25) is 0 Å². The minimum Gasteiger partial charge on any atom is -0.383 e. The third-order valence-corrected chi connectivity index (χ3v) is 3.49. The molecule has 104 valence electrons. The maximum absolute atomic E-state index is 12.3. The number of nitrogens with one attached hydrogen (secondary N) is 2. The first-order valence-corrected chi connectivity index (χ1v) is 6.76. The van der Waals surface area contributed by atoms with Gasteiger partial charge in [-0.05, 0) is 32.3 Å². The molecular weight excluding hydrogens is 242 g/mol. The first-order chi connectivity index (χ1) is 9.24. The summed E-state index contributed by atoms with van der Waals surface area (Å²) in [5, 5.41) is 6.23. The summed E-state index contributed by atoms with van der Waals surface area (Å²) < 4.78 is 5.32. The van der Waals surface area contributed by atoms with Gasteiger partial charge >= 0.3 is 0 Å². The van der Waals surface area contributed by atoms with Gasteiger partial charge in [-0.25, -0.2) is 0 Å². The van der Waals surface area contributed by atoms with Crippen LogP contribution in [-0.4, -0.2) is 36.7 Å². The van der Waals surface area contributed by atoms with Crippen molar-refractivity contribution >= 4 is 11.6 Å². The zero-order chi connectivity index (χ0) is 13.7. The topological polar surface area (TPSA) is 63.2 Å². The fourth-order valence-corrected chi connectivity index (χ4v) is 2.47. The SMILES string of the molecule is CCNc1cnccc1C(=O)NC1CCC(OC)C1. The predicted octanol–water partition coefficient (Wildman–Crippen LogP) is 1.81. The molecule has 19 heavy (non-hydrogen) atoms. The second-order valence-corrected chi connectivity index (χ2v) is 4.79. The largest absolute Gasteiger partial charge is 0.383 e. The Labute approximate surface area is 113 Å². The van der Waals surface area contributed by atoms with Gasteiger partial charge in [0.1, 0.15) is 0 Å². The molecule has 0 saturated heterocycles. The van der Waals surface area contributed by atoms with Gasteiger partial charge in [-0.1, -0.05) is 0 Å². The first kappa shape index (κ1) is 13.8. The van der Waals surface area contributed by atoms with Crippen molar-refractivity contribution in [1.82, 2.24) is 10.3 Å². The molecule has 0 aliphatic heterocycles. The summed E-state index contributed by atoms with van der Waals surface area (Å²) in [6.07, 6.45) is 6.48. The number of hydrogen-bond donors (Lipinski definition) is 2. The number of pyridine rings is 1. The van der Waals surface area contributed by atoms with Crippen molar-refractivity contribution in [2.24, 2.45) is 0 Å². The Kier molecular flexibility index (Phi) is 4.74. The van der Waals surface area contributed by atoms with Crippen LogP contribution in [0.5, 0.6) is 0 Å². The number of ether oxygens (including phenoxy) is 1. The van der Waals surface area contributed by atoms with E-state index in [-0.39, 0.29) is 18.1 Å². The van der Waals surface area contributed by atoms with Crippen molar-refractivity contribution in [1.29, 1.82) is 0 Å². The van der Waals surface area contributed by atoms with Crippen molar-refractivity contribution in [3.63, 3.8) is 0 Å². The van der Waals surface area contributed by atoms with Crippen LogP contribution in [0.25, 0.3) is 0 Å². The van der Waals surface area contributed by atoms with Gasteiger partial charge in [0, 0.05) is 25.9 Å². The minimum absolute atomic E-state index is 0.0416. The molecule has 1 amide bonds. The number of anilines is 1. The molecule has 1 aliphatic carbocycles. The lowest BCUT2D eigenvalue weighted by Gasteiger charge is -2.15. The molecule has 1 aliphatic rings. The van der Waals surface area contributed by atoms with Gasteiger partial charge in [0.05, 0.1) is 23.6 Å². The van der Waals surface area contributed by atoms with E-state index in [9.17, 15) is 4.79 Å². The average Bonchev–Trinajstić information content (AvgIpc) is 2.87. The second-order valence-electron chi connectivity index (χ2n) is 4.79. The summed E-state index contributed by atoms with van der Waals surface area (Å²) in [6, 6.07) is 1.95. The molecule has 1 saturated carbocycles. The van der Waals surface area contributed by atoms with Gasteiger partial charge in [-0.15, -0.1) is 0 Å². The van der Waals surface area contributed by atoms with E-state index in [4.69, 9.17) is 4.74 Å². The summed E-state index contributed by atoms with van der Waals surface area (Å²) in [5.74, 6) is -0.0416. The fourth-order valence-electron chi connectivity index (χ4n) is 2.47. The number of amides is 1. The van der Waals surface area contributed by atoms with Crippen LogP contribution in [0.4, 0.5) is 5.69 Å². The molecule has 1 aromatic rings. The maximum atomic E-state index is 12.3. The highest BCUT2D eigenvalue weighted by atomic mass is 16.5. The van der Waals surface area contributed by atoms with Crippen LogP contribution in [0.3, 0.4) is 0 Å². The quantitative estimate of drug-likeness (QED) is 0.850. The van der Waals surface area contributed by atoms with E-state index < -0.39 is 0 Å². The Morgan fingerprint density at radius 2 is 2.37 bits per heavy atom. The molecule has 5 nitrogen and oxygen atoms in total. The van der Waals surface area contributed by atoms with E-state index >= 15 is 0 Å². The molecular formula is C14H21N3O2. The Balaban J connectivity index is 2.00. The van der Waals surface area contributed by atoms with Gasteiger partial charge in [-0.2, -0.15) is 0 Å². The van der Waals surface area contributed by atoms with Crippen LogP contribution < -0.4 is 10.6 Å². The summed E-state index contributed by atoms with van der Waals surface area (Å²) >= 11 is 0. The lowest BCUT2D eigenvalue weighted by Crippen LogP contribution is -2.33. The average molecular weight is 263 g/mol. The van der Waals surface area contributed by atoms with Crippen LogP contribution in [0.15, 0.2) is 18.5 Å². The highest BCUT2D eigenvalue weighted by Gasteiger charge is 2.26. The van der Waals surface area contributed by atoms with Crippen molar-refractivity contribution in [3.05, 3.63) is 24.0 Å². The second kappa shape index (κ2) is 6.52. The zero-order valence-electron chi connectivity index (χ0n) is 11.5. The van der Waals surface area contributed by atoms with Crippen molar-refractivity contribution in [3.8, 4) is 0 Å². The van der Waals surface area contributed by atoms with E-state index in [0.29, 0.717) is 5.56 Å². The standard InChI is InChI=1S/C14H21N3O2/c1-3-16-13-9-15-7-6-12(13)14(18)17-10-4-5-11(8-10)19-2/h6-7,9-11,16H,3-5,8H2,1-2H3,(H,17,18). The Bertz CT molecular complexity index is 436. The third-order valence-electron chi connectivity index (χ3n) is 3.49. The third kappa shape index (κ3) is 3.44. The van der Waals surface area contributed by atoms with Crippen LogP contribution >= 0.6 is 0 Å². The molecule has 0 bridgehead atoms. The highest BCUT2D eigenvalue weighted by molar-refractivity contribution is 5.99. The summed E-state index contributed by atoms with van der Waals surface area (Å²) in [7, 11) is 1.72. The zero-order valence-corrected chi connectivity index (χ0v) is 11.5. The van der Waals surface area contributed by atoms with E-state index in [1.165, 1.54) is 0 Å². The van der Waals surface area contributed by atoms with Crippen molar-refractivity contribution in [2.45, 2.75) is 38.3 Å². The van der Waals surface area contributed by atoms with Crippen LogP contribution in [-0.2, 0) is 4.74 Å². The molecule has 1 fully saturated rings. The molecule has 5 heteroatoms. The summed E-state index contributed by atoms with van der Waals surface area (Å²) in [5.41, 5.74) is 1.43. The molecule has 0 aromatic carbocycles. The molecule has 2 unspecified atom stereocenters. The first-order valence-electron chi connectivity index (χ1n) is 6.76. The van der Waals surface area contributed by atoms with E-state index in [1.54, 1.807) is 25.6 Å². The Morgan fingerprint density at radius 1 is 1.53 bits per heavy atom. The lowest BCUT2D eigenvalue weighted by molar-refractivity contribution is 0.0915. The van der Waals surface area contributed by atoms with Crippen molar-refractivity contribution in [2.75, 3.05) is 19.0 Å². The van der Waals surface area contributed by atoms with E-state index in [1.807, 2.05) is 6.92 Å². The lowest BCUT2D eigenvalue weighted by atomic mass is 10.1. The van der Waals surface area contributed by atoms with Gasteiger partial charge < -0.3 is 15.4 Å². The molecule has 0 radical (unpaired) electrons. The number of rotatable bonds is 5. The predicted molar refractivity (Wildman–Crippen MR) is 74.3 cm³/mol. The number of carbonyl (C=O) groups is 1. The number of carbonyl (C=O) groups excluding carboxylic acids is 1.